The molecule has 0 bridgehead atoms. The molecule has 4 N–H and O–H groups in total. The number of benzene rings is 3. The molecule has 3 fully saturated rings. The fourth-order valence-electron chi connectivity index (χ4n) is 10.3. The Morgan fingerprint density at radius 3 is 1.33 bits per heavy atom. The van der Waals surface area contributed by atoms with Crippen LogP contribution in [0, 0.1) is 11.8 Å². The first-order valence-corrected chi connectivity index (χ1v) is 26.7. The number of aromatic nitrogens is 4. The molecule has 15 nitrogen and oxygen atoms in total. The van der Waals surface area contributed by atoms with Gasteiger partial charge in [-0.25, -0.2) is 19.6 Å². The van der Waals surface area contributed by atoms with Crippen molar-refractivity contribution in [2.75, 3.05) is 32.2 Å². The zero-order valence-corrected chi connectivity index (χ0v) is 43.3. The number of rotatable bonds is 14. The van der Waals surface area contributed by atoms with E-state index in [2.05, 4.69) is 30.6 Å². The minimum absolute atomic E-state index is 0.179. The summed E-state index contributed by atoms with van der Waals surface area (Å²) in [6, 6.07) is 14.6. The van der Waals surface area contributed by atoms with Crippen molar-refractivity contribution in [2.45, 2.75) is 107 Å². The second-order valence-electron chi connectivity index (χ2n) is 19.4. The molecule has 73 heavy (non-hydrogen) atoms. The van der Waals surface area contributed by atoms with Gasteiger partial charge in [0.2, 0.25) is 11.8 Å². The monoisotopic (exact) mass is 1080 g/mol. The van der Waals surface area contributed by atoms with Crippen molar-refractivity contribution in [3.05, 3.63) is 106 Å². The van der Waals surface area contributed by atoms with Crippen LogP contribution in [0.15, 0.2) is 77.7 Å². The molecule has 0 unspecified atom stereocenters. The number of alkyl carbamates (subject to hydrolysis) is 2. The number of aromatic amines is 2. The second kappa shape index (κ2) is 20.0. The first-order chi connectivity index (χ1) is 34.4. The third-order valence-corrected chi connectivity index (χ3v) is 15.7. The number of hydrogen-bond donors (Lipinski definition) is 4. The van der Waals surface area contributed by atoms with Crippen LogP contribution in [0.2, 0.25) is 10.3 Å². The number of anilines is 1. The predicted molar refractivity (Wildman–Crippen MR) is 269 cm³/mol. The van der Waals surface area contributed by atoms with E-state index in [1.54, 1.807) is 9.80 Å². The SMILES string of the molecule is COC(=O)N[C@H](C(=O)N1CCC[C@H]1c1nc(Cl)c(-c2ccc([C@H]3CC[C@H](c4ccc(-c5[nH]c([C@@H]6CCCN6C(=O)[C@@H](NC(=O)OC)C(C)C)nc5Cl)cc4)N3c3ccc(S(F)(F)(F)(F)F)cc3)cc2)[nH]1)C(C)C. The lowest BCUT2D eigenvalue weighted by atomic mass is 10.0. The first kappa shape index (κ1) is 53.2. The fraction of sp³-hybridized carbons (Fsp3) is 0.440. The smallest absolute Gasteiger partial charge is 0.407 e. The highest BCUT2D eigenvalue weighted by molar-refractivity contribution is 8.45. The minimum atomic E-state index is -9.97. The van der Waals surface area contributed by atoms with Crippen LogP contribution >= 0.6 is 33.4 Å². The second-order valence-corrected chi connectivity index (χ2v) is 22.5. The Labute approximate surface area is 429 Å². The number of carbonyl (C=O) groups is 4. The van der Waals surface area contributed by atoms with Gasteiger partial charge < -0.3 is 44.8 Å². The molecule has 5 aromatic rings. The fourth-order valence-corrected chi connectivity index (χ4v) is 11.4. The molecule has 6 atom stereocenters. The topological polar surface area (TPSA) is 178 Å². The van der Waals surface area contributed by atoms with Crippen molar-refractivity contribution in [1.82, 2.24) is 40.4 Å². The number of amides is 4. The number of carbonyl (C=O) groups excluding carboxylic acids is 4. The summed E-state index contributed by atoms with van der Waals surface area (Å²) < 4.78 is 79.3. The number of hydrogen-bond acceptors (Lipinski definition) is 9. The van der Waals surface area contributed by atoms with Gasteiger partial charge in [0.15, 0.2) is 10.3 Å². The molecule has 3 aliphatic rings. The molecule has 0 saturated carbocycles. The number of H-pyrrole nitrogens is 2. The summed E-state index contributed by atoms with van der Waals surface area (Å²) in [5.74, 6) is -0.0239. The van der Waals surface area contributed by atoms with Gasteiger partial charge in [-0.1, -0.05) is 119 Å². The number of nitrogens with zero attached hydrogens (tertiary/aromatic N) is 5. The van der Waals surface area contributed by atoms with E-state index >= 15 is 0 Å². The van der Waals surface area contributed by atoms with E-state index in [1.807, 2.05) is 81.1 Å². The largest absolute Gasteiger partial charge is 0.453 e. The van der Waals surface area contributed by atoms with E-state index in [0.717, 1.165) is 23.3 Å². The zero-order valence-electron chi connectivity index (χ0n) is 40.9. The number of halogens is 7. The van der Waals surface area contributed by atoms with Crippen molar-refractivity contribution in [2.24, 2.45) is 11.8 Å². The number of imidazole rings is 2. The van der Waals surface area contributed by atoms with Gasteiger partial charge in [0, 0.05) is 29.9 Å². The number of ether oxygens (including phenoxy) is 2. The average Bonchev–Trinajstić information content (AvgIpc) is 4.22. The van der Waals surface area contributed by atoms with Crippen LogP contribution in [0.5, 0.6) is 0 Å². The molecule has 0 radical (unpaired) electrons. The molecule has 2 aromatic heterocycles. The van der Waals surface area contributed by atoms with Crippen molar-refractivity contribution in [3.8, 4) is 22.5 Å². The highest BCUT2D eigenvalue weighted by Gasteiger charge is 2.65. The van der Waals surface area contributed by atoms with Crippen LogP contribution < -0.4 is 15.5 Å². The van der Waals surface area contributed by atoms with Gasteiger partial charge in [-0.3, -0.25) is 9.59 Å². The third kappa shape index (κ3) is 11.2. The van der Waals surface area contributed by atoms with Gasteiger partial charge >= 0.3 is 22.4 Å². The Bertz CT molecular complexity index is 2700. The van der Waals surface area contributed by atoms with Crippen LogP contribution in [-0.2, 0) is 19.1 Å². The number of nitrogens with one attached hydrogen (secondary N) is 4. The molecule has 0 spiro atoms. The maximum Gasteiger partial charge on any atom is 0.407 e. The quantitative estimate of drug-likeness (QED) is 0.0788. The molecule has 8 rings (SSSR count). The summed E-state index contributed by atoms with van der Waals surface area (Å²) in [4.78, 5) is 70.9. The van der Waals surface area contributed by atoms with Crippen LogP contribution in [0.3, 0.4) is 0 Å². The van der Waals surface area contributed by atoms with Gasteiger partial charge in [-0.2, -0.15) is 0 Å². The van der Waals surface area contributed by atoms with Gasteiger partial charge in [0.1, 0.15) is 28.6 Å². The number of likely N-dealkylation sites (tertiary alicyclic amines) is 2. The molecular formula is C50H58Cl2F5N9O6S. The van der Waals surface area contributed by atoms with E-state index in [9.17, 15) is 38.6 Å². The minimum Gasteiger partial charge on any atom is -0.453 e. The normalized spacial score (nSPS) is 21.0. The maximum atomic E-state index is 14.0. The molecular weight excluding hydrogens is 1020 g/mol. The highest BCUT2D eigenvalue weighted by Crippen LogP contribution is 3.02. The van der Waals surface area contributed by atoms with Crippen molar-refractivity contribution >= 4 is 63.1 Å². The molecule has 4 amide bonds. The van der Waals surface area contributed by atoms with Gasteiger partial charge in [-0.15, -0.1) is 0 Å². The van der Waals surface area contributed by atoms with Gasteiger partial charge in [-0.05, 0) is 85.8 Å². The highest BCUT2D eigenvalue weighted by atomic mass is 35.5. The van der Waals surface area contributed by atoms with E-state index < -0.39 is 63.6 Å². The van der Waals surface area contributed by atoms with Crippen molar-refractivity contribution in [1.29, 1.82) is 0 Å². The summed E-state index contributed by atoms with van der Waals surface area (Å²) >= 11 is 13.5. The lowest BCUT2D eigenvalue weighted by Gasteiger charge is -2.41. The van der Waals surface area contributed by atoms with E-state index in [0.29, 0.717) is 104 Å². The molecule has 3 aromatic carbocycles. The van der Waals surface area contributed by atoms with Crippen molar-refractivity contribution in [3.63, 3.8) is 0 Å². The van der Waals surface area contributed by atoms with E-state index in [4.69, 9.17) is 32.7 Å². The molecule has 23 heteroatoms. The van der Waals surface area contributed by atoms with Gasteiger partial charge in [0.05, 0.1) is 49.8 Å². The molecule has 3 aliphatic heterocycles. The number of methoxy groups -OCH3 is 2. The summed E-state index contributed by atoms with van der Waals surface area (Å²) in [6.45, 7) is 8.21. The van der Waals surface area contributed by atoms with Gasteiger partial charge in [0.25, 0.3) is 0 Å². The van der Waals surface area contributed by atoms with Crippen LogP contribution in [0.4, 0.5) is 34.7 Å². The Morgan fingerprint density at radius 1 is 0.603 bits per heavy atom. The first-order valence-electron chi connectivity index (χ1n) is 24.0. The van der Waals surface area contributed by atoms with E-state index in [-0.39, 0.29) is 34.0 Å². The Morgan fingerprint density at radius 2 is 0.986 bits per heavy atom. The van der Waals surface area contributed by atoms with Crippen molar-refractivity contribution < 1.29 is 48.1 Å². The zero-order chi connectivity index (χ0) is 52.8. The maximum absolute atomic E-state index is 14.0. The lowest BCUT2D eigenvalue weighted by Crippen LogP contribution is -2.51. The van der Waals surface area contributed by atoms with E-state index in [1.165, 1.54) is 14.2 Å². The Kier molecular flexibility index (Phi) is 14.6. The Hall–Kier alpha value is -6.06. The lowest BCUT2D eigenvalue weighted by molar-refractivity contribution is -0.136. The summed E-state index contributed by atoms with van der Waals surface area (Å²) in [6.07, 6.45) is 2.31. The predicted octanol–water partition coefficient (Wildman–Crippen LogP) is 12.6. The van der Waals surface area contributed by atoms with Crippen LogP contribution in [-0.4, -0.2) is 93.1 Å². The van der Waals surface area contributed by atoms with Crippen LogP contribution in [0.25, 0.3) is 22.5 Å². The standard InChI is InChI=1S/C50H58Cl2F5N9O6S/c1-27(2)39(60-49(69)71-5)47(67)64-25-7-9-37(64)45-58-41(43(51)62-45)31-15-11-29(12-16-31)35-23-24-36(66(35)33-19-21-34(22-20-33)73(53,54,55,56)57)30-13-17-32(18-14-30)42-44(52)63-46(59-42)38-10-8-26-65(38)48(68)40(28(3)4)61-50(70)72-6/h11-22,27-28,35-40H,7-10,23-26H2,1-6H3,(H,58,62)(H,59,63)(H,60,69)(H,61,70)/t35-,36-,37+,38+,39+,40+/m1/s1. The van der Waals surface area contributed by atoms with Crippen LogP contribution in [0.1, 0.15) is 113 Å². The Balaban J connectivity index is 1.05. The molecule has 394 valence electrons. The molecule has 5 heterocycles. The summed E-state index contributed by atoms with van der Waals surface area (Å²) in [7, 11) is -7.51. The molecule has 0 aliphatic carbocycles. The average molecular weight is 1080 g/mol. The summed E-state index contributed by atoms with van der Waals surface area (Å²) in [5, 5.41) is 5.64. The molecule has 3 saturated heterocycles. The third-order valence-electron chi connectivity index (χ3n) is 14.0. The summed E-state index contributed by atoms with van der Waals surface area (Å²) in [5.41, 5.74) is 4.29.